The van der Waals surface area contributed by atoms with Gasteiger partial charge in [0.1, 0.15) is 0 Å². The fourth-order valence-electron chi connectivity index (χ4n) is 2.35. The van der Waals surface area contributed by atoms with Crippen LogP contribution in [-0.2, 0) is 4.79 Å². The van der Waals surface area contributed by atoms with Gasteiger partial charge in [-0.05, 0) is 47.9 Å². The minimum Gasteiger partial charge on any atom is -0.481 e. The van der Waals surface area contributed by atoms with Crippen molar-refractivity contribution in [2.75, 3.05) is 0 Å². The molecule has 0 bridgehead atoms. The van der Waals surface area contributed by atoms with Crippen LogP contribution >= 0.6 is 22.6 Å². The Morgan fingerprint density at radius 3 is 2.57 bits per heavy atom. The van der Waals surface area contributed by atoms with Crippen molar-refractivity contribution in [3.63, 3.8) is 0 Å². The monoisotopic (exact) mass is 404 g/mol. The molecule has 1 amide bonds. The maximum Gasteiger partial charge on any atom is 0.305 e. The molecule has 0 unspecified atom stereocenters. The molecule has 21 heavy (non-hydrogen) atoms. The molecular formula is C13H13IN2O5. The number of carbonyl (C=O) groups is 2. The zero-order chi connectivity index (χ0) is 15.6. The van der Waals surface area contributed by atoms with Crippen molar-refractivity contribution in [2.24, 2.45) is 0 Å². The molecule has 1 aliphatic rings. The summed E-state index contributed by atoms with van der Waals surface area (Å²) >= 11 is 1.92. The number of amides is 1. The molecule has 0 heterocycles. The van der Waals surface area contributed by atoms with E-state index in [1.54, 1.807) is 0 Å². The van der Waals surface area contributed by atoms with Crippen molar-refractivity contribution in [1.29, 1.82) is 0 Å². The van der Waals surface area contributed by atoms with Gasteiger partial charge in [-0.15, -0.1) is 0 Å². The van der Waals surface area contributed by atoms with E-state index in [0.29, 0.717) is 16.4 Å². The molecule has 1 saturated carbocycles. The molecule has 8 heteroatoms. The number of benzene rings is 1. The van der Waals surface area contributed by atoms with Crippen molar-refractivity contribution < 1.29 is 19.6 Å². The summed E-state index contributed by atoms with van der Waals surface area (Å²) in [5.41, 5.74) is -0.695. The molecule has 1 aliphatic carbocycles. The summed E-state index contributed by atoms with van der Waals surface area (Å²) < 4.78 is 0.584. The molecule has 2 rings (SSSR count). The van der Waals surface area contributed by atoms with E-state index in [9.17, 15) is 19.7 Å². The standard InChI is InChI=1S/C13H13IN2O5/c14-10-3-2-8(16(20)21)6-9(10)12(19)15-13(4-1-5-13)7-11(17)18/h2-3,6H,1,4-5,7H2,(H,15,19)(H,17,18). The summed E-state index contributed by atoms with van der Waals surface area (Å²) in [4.78, 5) is 33.4. The van der Waals surface area contributed by atoms with Crippen molar-refractivity contribution in [2.45, 2.75) is 31.2 Å². The van der Waals surface area contributed by atoms with Gasteiger partial charge in [-0.25, -0.2) is 0 Å². The molecule has 0 aliphatic heterocycles. The molecule has 1 aromatic rings. The summed E-state index contributed by atoms with van der Waals surface area (Å²) in [5.74, 6) is -1.44. The molecule has 0 radical (unpaired) electrons. The van der Waals surface area contributed by atoms with Crippen LogP contribution in [-0.4, -0.2) is 27.4 Å². The third-order valence-corrected chi connectivity index (χ3v) is 4.53. The molecule has 0 spiro atoms. The highest BCUT2D eigenvalue weighted by atomic mass is 127. The molecule has 0 saturated heterocycles. The summed E-state index contributed by atoms with van der Waals surface area (Å²) in [6.45, 7) is 0. The number of halogens is 1. The van der Waals surface area contributed by atoms with Gasteiger partial charge in [0.25, 0.3) is 11.6 Å². The van der Waals surface area contributed by atoms with Gasteiger partial charge < -0.3 is 10.4 Å². The number of nitrogens with zero attached hydrogens (tertiary/aromatic N) is 1. The Morgan fingerprint density at radius 2 is 2.10 bits per heavy atom. The van der Waals surface area contributed by atoms with Crippen LogP contribution in [0.15, 0.2) is 18.2 Å². The maximum absolute atomic E-state index is 12.3. The van der Waals surface area contributed by atoms with Gasteiger partial charge >= 0.3 is 5.97 Å². The minimum atomic E-state index is -0.969. The van der Waals surface area contributed by atoms with Gasteiger partial charge in [0.05, 0.1) is 22.4 Å². The smallest absolute Gasteiger partial charge is 0.305 e. The first-order valence-electron chi connectivity index (χ1n) is 6.31. The molecule has 1 fully saturated rings. The highest BCUT2D eigenvalue weighted by molar-refractivity contribution is 14.1. The largest absolute Gasteiger partial charge is 0.481 e. The Kier molecular flexibility index (Phi) is 4.45. The van der Waals surface area contributed by atoms with Crippen LogP contribution in [0.1, 0.15) is 36.0 Å². The second-order valence-corrected chi connectivity index (χ2v) is 6.24. The Hall–Kier alpha value is -1.71. The van der Waals surface area contributed by atoms with Crippen LogP contribution in [0.4, 0.5) is 5.69 Å². The lowest BCUT2D eigenvalue weighted by Gasteiger charge is -2.41. The van der Waals surface area contributed by atoms with Gasteiger partial charge in [0.2, 0.25) is 0 Å². The number of carbonyl (C=O) groups excluding carboxylic acids is 1. The zero-order valence-electron chi connectivity index (χ0n) is 11.0. The van der Waals surface area contributed by atoms with Crippen LogP contribution in [0, 0.1) is 13.7 Å². The van der Waals surface area contributed by atoms with E-state index in [0.717, 1.165) is 6.42 Å². The number of rotatable bonds is 5. The Balaban J connectivity index is 2.22. The van der Waals surface area contributed by atoms with Crippen LogP contribution in [0.3, 0.4) is 0 Å². The third kappa shape index (κ3) is 3.49. The molecular weight excluding hydrogens is 391 g/mol. The van der Waals surface area contributed by atoms with E-state index in [1.165, 1.54) is 18.2 Å². The van der Waals surface area contributed by atoms with E-state index in [1.807, 2.05) is 22.6 Å². The summed E-state index contributed by atoms with van der Waals surface area (Å²) in [5, 5.41) is 22.4. The number of nitro benzene ring substituents is 1. The summed E-state index contributed by atoms with van der Waals surface area (Å²) in [7, 11) is 0. The first kappa shape index (κ1) is 15.7. The normalized spacial score (nSPS) is 15.9. The second kappa shape index (κ2) is 5.96. The molecule has 112 valence electrons. The first-order valence-corrected chi connectivity index (χ1v) is 7.39. The SMILES string of the molecule is O=C(O)CC1(NC(=O)c2cc([N+](=O)[O-])ccc2I)CCC1. The Bertz CT molecular complexity index is 613. The van der Waals surface area contributed by atoms with Crippen LogP contribution in [0.25, 0.3) is 0 Å². The lowest BCUT2D eigenvalue weighted by Crippen LogP contribution is -2.54. The molecule has 2 N–H and O–H groups in total. The fourth-order valence-corrected chi connectivity index (χ4v) is 2.93. The number of carboxylic acids is 1. The number of hydrogen-bond acceptors (Lipinski definition) is 4. The van der Waals surface area contributed by atoms with Gasteiger partial charge in [-0.3, -0.25) is 19.7 Å². The van der Waals surface area contributed by atoms with E-state index < -0.39 is 22.3 Å². The van der Waals surface area contributed by atoms with Gasteiger partial charge in [-0.2, -0.15) is 0 Å². The molecule has 7 nitrogen and oxygen atoms in total. The fraction of sp³-hybridized carbons (Fsp3) is 0.385. The average molecular weight is 404 g/mol. The Labute approximate surface area is 134 Å². The molecule has 1 aromatic carbocycles. The number of nitrogens with one attached hydrogen (secondary N) is 1. The molecule has 0 aromatic heterocycles. The Morgan fingerprint density at radius 1 is 1.43 bits per heavy atom. The van der Waals surface area contributed by atoms with Crippen LogP contribution in [0.2, 0.25) is 0 Å². The van der Waals surface area contributed by atoms with Crippen LogP contribution in [0.5, 0.6) is 0 Å². The second-order valence-electron chi connectivity index (χ2n) is 5.08. The highest BCUT2D eigenvalue weighted by Gasteiger charge is 2.40. The van der Waals surface area contributed by atoms with E-state index in [2.05, 4.69) is 5.32 Å². The maximum atomic E-state index is 12.3. The van der Waals surface area contributed by atoms with E-state index in [-0.39, 0.29) is 17.7 Å². The molecule has 0 atom stereocenters. The van der Waals surface area contributed by atoms with Gasteiger partial charge in [0.15, 0.2) is 0 Å². The number of hydrogen-bond donors (Lipinski definition) is 2. The van der Waals surface area contributed by atoms with Gasteiger partial charge in [-0.1, -0.05) is 0 Å². The van der Waals surface area contributed by atoms with Crippen molar-refractivity contribution >= 4 is 40.2 Å². The quantitative estimate of drug-likeness (QED) is 0.445. The number of aliphatic carboxylic acids is 1. The van der Waals surface area contributed by atoms with E-state index in [4.69, 9.17) is 5.11 Å². The lowest BCUT2D eigenvalue weighted by atomic mass is 9.74. The van der Waals surface area contributed by atoms with Crippen molar-refractivity contribution in [1.82, 2.24) is 5.32 Å². The van der Waals surface area contributed by atoms with Crippen molar-refractivity contribution in [3.8, 4) is 0 Å². The minimum absolute atomic E-state index is 0.135. The predicted molar refractivity (Wildman–Crippen MR) is 82.1 cm³/mol. The third-order valence-electron chi connectivity index (χ3n) is 3.58. The first-order chi connectivity index (χ1) is 9.83. The van der Waals surface area contributed by atoms with Crippen LogP contribution < -0.4 is 5.32 Å². The number of carboxylic acid groups (broad SMARTS) is 1. The topological polar surface area (TPSA) is 110 Å². The lowest BCUT2D eigenvalue weighted by molar-refractivity contribution is -0.384. The summed E-state index contributed by atoms with van der Waals surface area (Å²) in [6.07, 6.45) is 1.94. The summed E-state index contributed by atoms with van der Waals surface area (Å²) in [6, 6.07) is 4.04. The number of non-ortho nitro benzene ring substituents is 1. The van der Waals surface area contributed by atoms with Crippen molar-refractivity contribution in [3.05, 3.63) is 37.4 Å². The van der Waals surface area contributed by atoms with E-state index >= 15 is 0 Å². The average Bonchev–Trinajstić information content (AvgIpc) is 2.35. The number of nitro groups is 1. The highest BCUT2D eigenvalue weighted by Crippen LogP contribution is 2.35. The zero-order valence-corrected chi connectivity index (χ0v) is 13.1. The predicted octanol–water partition coefficient (Wildman–Crippen LogP) is 2.33. The van der Waals surface area contributed by atoms with Gasteiger partial charge in [0, 0.05) is 15.7 Å².